The van der Waals surface area contributed by atoms with Crippen LogP contribution in [0.1, 0.15) is 40.0 Å². The van der Waals surface area contributed by atoms with Crippen LogP contribution in [0.15, 0.2) is 84.9 Å². The average Bonchev–Trinajstić information content (AvgIpc) is 3.14. The van der Waals surface area contributed by atoms with Gasteiger partial charge in [0.25, 0.3) is 0 Å². The molecule has 0 aliphatic carbocycles. The Balaban J connectivity index is 2.04. The third kappa shape index (κ3) is 4.32. The van der Waals surface area contributed by atoms with Crippen LogP contribution < -0.4 is 0 Å². The number of carbonyl (C=O) groups is 1. The van der Waals surface area contributed by atoms with Crippen LogP contribution >= 0.6 is 0 Å². The molecule has 0 saturated heterocycles. The molecule has 4 aromatic rings. The number of aromatic nitrogens is 1. The van der Waals surface area contributed by atoms with Crippen molar-refractivity contribution in [2.45, 2.75) is 19.4 Å². The topological polar surface area (TPSA) is 34.5 Å². The van der Waals surface area contributed by atoms with Gasteiger partial charge in [-0.3, -0.25) is 0 Å². The minimum Gasteiger partial charge on any atom is -0.461 e. The van der Waals surface area contributed by atoms with Crippen LogP contribution in [0.2, 0.25) is 0 Å². The fourth-order valence-electron chi connectivity index (χ4n) is 4.39. The van der Waals surface area contributed by atoms with E-state index in [0.717, 1.165) is 34.1 Å². The van der Waals surface area contributed by atoms with E-state index in [2.05, 4.69) is 70.1 Å². The summed E-state index contributed by atoms with van der Waals surface area (Å²) in [6.45, 7) is 3.73. The van der Waals surface area contributed by atoms with Gasteiger partial charge in [-0.1, -0.05) is 78.9 Å². The Morgan fingerprint density at radius 3 is 2.00 bits per heavy atom. The Morgan fingerprint density at radius 1 is 0.875 bits per heavy atom. The van der Waals surface area contributed by atoms with Crippen LogP contribution in [0, 0.1) is 0 Å². The molecular formula is C28H30N2O2. The molecule has 0 fully saturated rings. The maximum atomic E-state index is 13.4. The van der Waals surface area contributed by atoms with E-state index in [1.165, 1.54) is 0 Å². The third-order valence-corrected chi connectivity index (χ3v) is 5.80. The first kappa shape index (κ1) is 21.8. The summed E-state index contributed by atoms with van der Waals surface area (Å²) in [5.41, 5.74) is 5.02. The Hall–Kier alpha value is -3.37. The molecule has 0 unspecified atom stereocenters. The lowest BCUT2D eigenvalue weighted by molar-refractivity contribution is 0.0512. The molecule has 0 amide bonds. The molecular weight excluding hydrogens is 396 g/mol. The Morgan fingerprint density at radius 2 is 1.44 bits per heavy atom. The van der Waals surface area contributed by atoms with Crippen LogP contribution in [0.25, 0.3) is 10.9 Å². The van der Waals surface area contributed by atoms with Crippen LogP contribution in [-0.2, 0) is 11.3 Å². The minimum atomic E-state index is -0.269. The number of ether oxygens (including phenoxy) is 1. The van der Waals surface area contributed by atoms with Crippen LogP contribution in [0.3, 0.4) is 0 Å². The minimum absolute atomic E-state index is 0.0812. The van der Waals surface area contributed by atoms with Crippen molar-refractivity contribution in [3.63, 3.8) is 0 Å². The van der Waals surface area contributed by atoms with Gasteiger partial charge in [-0.25, -0.2) is 4.79 Å². The zero-order valence-corrected chi connectivity index (χ0v) is 19.0. The van der Waals surface area contributed by atoms with Crippen molar-refractivity contribution in [2.24, 2.45) is 0 Å². The zero-order valence-electron chi connectivity index (χ0n) is 19.0. The highest BCUT2D eigenvalue weighted by Gasteiger charge is 2.30. The van der Waals surface area contributed by atoms with Crippen molar-refractivity contribution in [1.29, 1.82) is 0 Å². The van der Waals surface area contributed by atoms with Gasteiger partial charge in [0.15, 0.2) is 0 Å². The normalized spacial score (nSPS) is 11.4. The largest absolute Gasteiger partial charge is 0.461 e. The van der Waals surface area contributed by atoms with E-state index in [-0.39, 0.29) is 11.9 Å². The number of esters is 1. The number of hydrogen-bond acceptors (Lipinski definition) is 3. The van der Waals surface area contributed by atoms with E-state index in [4.69, 9.17) is 4.74 Å². The standard InChI is InChI=1S/C28H30N2O2/c1-4-32-28(31)27-26(23-17-11-12-18-24(23)30(27)20-19-29(2)3)25(21-13-7-5-8-14-21)22-15-9-6-10-16-22/h5-18,25H,4,19-20H2,1-3H3. The summed E-state index contributed by atoms with van der Waals surface area (Å²) >= 11 is 0. The number of carbonyl (C=O) groups excluding carboxylic acids is 1. The first-order valence-corrected chi connectivity index (χ1v) is 11.1. The van der Waals surface area contributed by atoms with E-state index in [1.54, 1.807) is 0 Å². The van der Waals surface area contributed by atoms with E-state index in [9.17, 15) is 4.79 Å². The van der Waals surface area contributed by atoms with Gasteiger partial charge < -0.3 is 14.2 Å². The number of nitrogens with zero attached hydrogens (tertiary/aromatic N) is 2. The highest BCUT2D eigenvalue weighted by atomic mass is 16.5. The maximum Gasteiger partial charge on any atom is 0.355 e. The first-order chi connectivity index (χ1) is 15.6. The fraction of sp³-hybridized carbons (Fsp3) is 0.250. The van der Waals surface area contributed by atoms with Crippen molar-refractivity contribution < 1.29 is 9.53 Å². The maximum absolute atomic E-state index is 13.4. The number of likely N-dealkylation sites (N-methyl/N-ethyl adjacent to an activating group) is 1. The average molecular weight is 427 g/mol. The van der Waals surface area contributed by atoms with Crippen molar-refractivity contribution in [3.8, 4) is 0 Å². The summed E-state index contributed by atoms with van der Waals surface area (Å²) in [6.07, 6.45) is 0. The molecule has 1 heterocycles. The second-order valence-electron chi connectivity index (χ2n) is 8.21. The molecule has 4 nitrogen and oxygen atoms in total. The summed E-state index contributed by atoms with van der Waals surface area (Å²) < 4.78 is 7.73. The van der Waals surface area contributed by atoms with E-state index < -0.39 is 0 Å². The predicted octanol–water partition coefficient (Wildman–Crippen LogP) is 5.56. The molecule has 0 spiro atoms. The molecule has 164 valence electrons. The van der Waals surface area contributed by atoms with Crippen molar-refractivity contribution in [1.82, 2.24) is 9.47 Å². The van der Waals surface area contributed by atoms with E-state index in [0.29, 0.717) is 18.8 Å². The second kappa shape index (κ2) is 9.84. The number of para-hydroxylation sites is 1. The molecule has 4 heteroatoms. The van der Waals surface area contributed by atoms with Gasteiger partial charge in [0.05, 0.1) is 6.61 Å². The van der Waals surface area contributed by atoms with E-state index >= 15 is 0 Å². The molecule has 0 aliphatic heterocycles. The SMILES string of the molecule is CCOC(=O)c1c(C(c2ccccc2)c2ccccc2)c2ccccc2n1CCN(C)C. The van der Waals surface area contributed by atoms with Crippen LogP contribution in [-0.4, -0.2) is 42.7 Å². The molecule has 3 aromatic carbocycles. The molecule has 0 atom stereocenters. The first-order valence-electron chi connectivity index (χ1n) is 11.1. The lowest BCUT2D eigenvalue weighted by atomic mass is 9.83. The number of benzene rings is 3. The Labute approximate surface area is 190 Å². The van der Waals surface area contributed by atoms with Crippen LogP contribution in [0.4, 0.5) is 0 Å². The smallest absolute Gasteiger partial charge is 0.355 e. The van der Waals surface area contributed by atoms with Crippen LogP contribution in [0.5, 0.6) is 0 Å². The molecule has 0 N–H and O–H groups in total. The zero-order chi connectivity index (χ0) is 22.5. The monoisotopic (exact) mass is 426 g/mol. The molecule has 0 aliphatic rings. The summed E-state index contributed by atoms with van der Waals surface area (Å²) in [5, 5.41) is 1.09. The molecule has 0 bridgehead atoms. The predicted molar refractivity (Wildman–Crippen MR) is 130 cm³/mol. The Bertz CT molecular complexity index is 1140. The quantitative estimate of drug-likeness (QED) is 0.346. The lowest BCUT2D eigenvalue weighted by Gasteiger charge is -2.21. The Kier molecular flexibility index (Phi) is 6.72. The van der Waals surface area contributed by atoms with Crippen molar-refractivity contribution in [3.05, 3.63) is 107 Å². The highest BCUT2D eigenvalue weighted by molar-refractivity contribution is 6.00. The van der Waals surface area contributed by atoms with Gasteiger partial charge in [-0.2, -0.15) is 0 Å². The molecule has 32 heavy (non-hydrogen) atoms. The molecule has 4 rings (SSSR count). The van der Waals surface area contributed by atoms with Gasteiger partial charge in [0.2, 0.25) is 0 Å². The number of hydrogen-bond donors (Lipinski definition) is 0. The summed E-state index contributed by atoms with van der Waals surface area (Å²) in [6, 6.07) is 29.1. The molecule has 0 radical (unpaired) electrons. The third-order valence-electron chi connectivity index (χ3n) is 5.80. The van der Waals surface area contributed by atoms with Gasteiger partial charge in [0.1, 0.15) is 5.69 Å². The van der Waals surface area contributed by atoms with Gasteiger partial charge in [0, 0.05) is 35.5 Å². The van der Waals surface area contributed by atoms with Gasteiger partial charge >= 0.3 is 5.97 Å². The van der Waals surface area contributed by atoms with Gasteiger partial charge in [-0.05, 0) is 38.2 Å². The van der Waals surface area contributed by atoms with Crippen molar-refractivity contribution in [2.75, 3.05) is 27.2 Å². The summed E-state index contributed by atoms with van der Waals surface area (Å²) in [5.74, 6) is -0.350. The molecule has 1 aromatic heterocycles. The van der Waals surface area contributed by atoms with Crippen molar-refractivity contribution >= 4 is 16.9 Å². The fourth-order valence-corrected chi connectivity index (χ4v) is 4.39. The molecule has 0 saturated carbocycles. The second-order valence-corrected chi connectivity index (χ2v) is 8.21. The summed E-state index contributed by atoms with van der Waals surface area (Å²) in [7, 11) is 4.10. The van der Waals surface area contributed by atoms with Gasteiger partial charge in [-0.15, -0.1) is 0 Å². The summed E-state index contributed by atoms with van der Waals surface area (Å²) in [4.78, 5) is 15.5. The number of fused-ring (bicyclic) bond motifs is 1. The van der Waals surface area contributed by atoms with E-state index in [1.807, 2.05) is 45.3 Å². The highest BCUT2D eigenvalue weighted by Crippen LogP contribution is 2.40. The number of rotatable bonds is 8. The lowest BCUT2D eigenvalue weighted by Crippen LogP contribution is -2.22.